The quantitative estimate of drug-likeness (QED) is 0.0661. The minimum atomic E-state index is -4.02. The monoisotopic (exact) mass is 467 g/mol. The Morgan fingerprint density at radius 3 is 1.65 bits per heavy atom. The predicted molar refractivity (Wildman–Crippen MR) is 127 cm³/mol. The topological polar surface area (TPSA) is 89.8 Å². The third kappa shape index (κ3) is 30.1. The van der Waals surface area contributed by atoms with Crippen LogP contribution in [-0.4, -0.2) is 31.2 Å². The molecule has 7 heteroatoms. The Bertz CT molecular complexity index is 536. The predicted octanol–water partition coefficient (Wildman–Crippen LogP) is 3.23. The molecule has 0 aromatic heterocycles. The van der Waals surface area contributed by atoms with Crippen molar-refractivity contribution in [3.05, 3.63) is 12.2 Å². The molecule has 0 rings (SSSR count). The number of rotatable bonds is 22. The van der Waals surface area contributed by atoms with Crippen molar-refractivity contribution < 1.29 is 47.6 Å². The van der Waals surface area contributed by atoms with E-state index >= 15 is 0 Å². The van der Waals surface area contributed by atoms with E-state index in [1.165, 1.54) is 89.9 Å². The summed E-state index contributed by atoms with van der Waals surface area (Å²) < 4.78 is 29.6. The molecule has 1 N–H and O–H groups in total. The zero-order valence-electron chi connectivity index (χ0n) is 20.3. The molecular weight excluding hydrogens is 421 g/mol. The van der Waals surface area contributed by atoms with E-state index in [1.807, 2.05) is 0 Å². The smallest absolute Gasteiger partial charge is 0.862 e. The van der Waals surface area contributed by atoms with Crippen molar-refractivity contribution in [2.75, 3.05) is 12.3 Å². The standard InChI is InChI=1S/C24H47NO4S.Na/c1-2-3-4-5-6-7-8-9-10-11-12-13-14-15-16-17-18-19-20-21-24(26)25-22-23-30(27,28)29;/h9-10H,2-8,11-23H2,1H3,(H,25,26)(H,27,28,29);/q;+1/p-1/b10-9-;. The molecule has 0 aliphatic heterocycles. The van der Waals surface area contributed by atoms with Gasteiger partial charge in [-0.05, 0) is 44.4 Å². The Morgan fingerprint density at radius 1 is 0.774 bits per heavy atom. The summed E-state index contributed by atoms with van der Waals surface area (Å²) in [6, 6.07) is 0. The summed E-state index contributed by atoms with van der Waals surface area (Å²) in [5.41, 5.74) is 0. The van der Waals surface area contributed by atoms with Crippen LogP contribution in [0.25, 0.3) is 0 Å². The molecule has 31 heavy (non-hydrogen) atoms. The fraction of sp³-hybridized carbons (Fsp3) is 0.875. The van der Waals surface area contributed by atoms with Gasteiger partial charge in [-0.15, -0.1) is 0 Å². The fourth-order valence-corrected chi connectivity index (χ4v) is 3.74. The van der Waals surface area contributed by atoms with Crippen LogP contribution in [0.2, 0.25) is 0 Å². The zero-order valence-corrected chi connectivity index (χ0v) is 23.1. The van der Waals surface area contributed by atoms with Gasteiger partial charge in [-0.25, -0.2) is 0 Å². The van der Waals surface area contributed by atoms with Crippen molar-refractivity contribution in [2.24, 2.45) is 4.99 Å². The van der Waals surface area contributed by atoms with Crippen LogP contribution in [0.15, 0.2) is 17.1 Å². The minimum absolute atomic E-state index is 0. The van der Waals surface area contributed by atoms with Gasteiger partial charge in [-0.2, -0.15) is 8.42 Å². The van der Waals surface area contributed by atoms with Gasteiger partial charge in [-0.1, -0.05) is 96.1 Å². The Labute approximate surface area is 214 Å². The Hall–Kier alpha value is 0.120. The van der Waals surface area contributed by atoms with Gasteiger partial charge in [-0.3, -0.25) is 4.55 Å². The summed E-state index contributed by atoms with van der Waals surface area (Å²) in [6.45, 7) is 2.12. The van der Waals surface area contributed by atoms with E-state index in [4.69, 9.17) is 4.55 Å². The molecular formula is C24H46NNaO4S. The fourth-order valence-electron chi connectivity index (χ4n) is 3.42. The van der Waals surface area contributed by atoms with Crippen LogP contribution in [0.4, 0.5) is 0 Å². The van der Waals surface area contributed by atoms with Gasteiger partial charge in [0.05, 0.1) is 12.3 Å². The van der Waals surface area contributed by atoms with Crippen molar-refractivity contribution >= 4 is 16.0 Å². The van der Waals surface area contributed by atoms with Crippen molar-refractivity contribution in [1.29, 1.82) is 0 Å². The summed E-state index contributed by atoms with van der Waals surface area (Å²) >= 11 is 0. The summed E-state index contributed by atoms with van der Waals surface area (Å²) in [5, 5.41) is 11.5. The van der Waals surface area contributed by atoms with E-state index in [9.17, 15) is 13.5 Å². The van der Waals surface area contributed by atoms with E-state index in [2.05, 4.69) is 24.1 Å². The Kier molecular flexibility index (Phi) is 26.6. The summed E-state index contributed by atoms with van der Waals surface area (Å²) in [4.78, 5) is 3.64. The molecule has 178 valence electrons. The second-order valence-electron chi connectivity index (χ2n) is 8.31. The van der Waals surface area contributed by atoms with Crippen LogP contribution >= 0.6 is 0 Å². The Morgan fingerprint density at radius 2 is 1.19 bits per heavy atom. The molecule has 0 spiro atoms. The molecule has 0 fully saturated rings. The van der Waals surface area contributed by atoms with Crippen LogP contribution < -0.4 is 34.7 Å². The SMILES string of the molecule is CCCCCCCC/C=C\CCCCCCCCCCCC([O-])=NCCS(=O)(=O)O.[Na+]. The molecule has 0 unspecified atom stereocenters. The maximum absolute atomic E-state index is 11.5. The first-order valence-corrected chi connectivity index (χ1v) is 13.9. The third-order valence-electron chi connectivity index (χ3n) is 5.29. The molecule has 0 radical (unpaired) electrons. The molecule has 0 amide bonds. The van der Waals surface area contributed by atoms with E-state index < -0.39 is 15.9 Å². The van der Waals surface area contributed by atoms with Crippen LogP contribution in [-0.2, 0) is 10.1 Å². The molecule has 0 saturated carbocycles. The first kappa shape index (κ1) is 33.3. The molecule has 0 aromatic rings. The van der Waals surface area contributed by atoms with Crippen molar-refractivity contribution in [1.82, 2.24) is 0 Å². The number of aliphatic imine (C=N–C) groups is 1. The molecule has 0 bridgehead atoms. The molecule has 0 aliphatic rings. The molecule has 0 atom stereocenters. The van der Waals surface area contributed by atoms with Crippen LogP contribution in [0.5, 0.6) is 0 Å². The average Bonchev–Trinajstić information content (AvgIpc) is 2.68. The summed E-state index contributed by atoms with van der Waals surface area (Å²) in [7, 11) is -4.02. The van der Waals surface area contributed by atoms with Gasteiger partial charge in [0.1, 0.15) is 0 Å². The molecule has 0 heterocycles. The maximum Gasteiger partial charge on any atom is 1.00 e. The van der Waals surface area contributed by atoms with E-state index in [0.29, 0.717) is 6.42 Å². The largest absolute Gasteiger partial charge is 1.00 e. The minimum Gasteiger partial charge on any atom is -0.862 e. The molecule has 5 nitrogen and oxygen atoms in total. The van der Waals surface area contributed by atoms with Crippen molar-refractivity contribution in [3.63, 3.8) is 0 Å². The van der Waals surface area contributed by atoms with E-state index in [1.54, 1.807) is 0 Å². The number of hydrogen-bond donors (Lipinski definition) is 1. The van der Waals surface area contributed by atoms with Crippen LogP contribution in [0.3, 0.4) is 0 Å². The first-order chi connectivity index (χ1) is 14.5. The van der Waals surface area contributed by atoms with Crippen LogP contribution in [0.1, 0.15) is 122 Å². The molecule has 0 aromatic carbocycles. The van der Waals surface area contributed by atoms with Gasteiger partial charge >= 0.3 is 29.6 Å². The second kappa shape index (κ2) is 24.8. The Balaban J connectivity index is 0. The zero-order chi connectivity index (χ0) is 22.3. The first-order valence-electron chi connectivity index (χ1n) is 12.3. The van der Waals surface area contributed by atoms with Crippen molar-refractivity contribution in [2.45, 2.75) is 122 Å². The van der Waals surface area contributed by atoms with E-state index in [0.717, 1.165) is 19.3 Å². The molecule has 0 aliphatic carbocycles. The average molecular weight is 468 g/mol. The van der Waals surface area contributed by atoms with Gasteiger partial charge in [0.25, 0.3) is 10.1 Å². The molecule has 0 saturated heterocycles. The summed E-state index contributed by atoms with van der Waals surface area (Å²) in [6.07, 6.45) is 26.5. The van der Waals surface area contributed by atoms with Crippen molar-refractivity contribution in [3.8, 4) is 0 Å². The van der Waals surface area contributed by atoms with Gasteiger partial charge in [0.2, 0.25) is 0 Å². The maximum atomic E-state index is 11.5. The number of hydrogen-bond acceptors (Lipinski definition) is 4. The third-order valence-corrected chi connectivity index (χ3v) is 5.99. The second-order valence-corrected chi connectivity index (χ2v) is 9.88. The van der Waals surface area contributed by atoms with Crippen LogP contribution in [0, 0.1) is 0 Å². The normalized spacial score (nSPS) is 12.4. The number of unbranched alkanes of at least 4 members (excludes halogenated alkanes) is 15. The van der Waals surface area contributed by atoms with Gasteiger partial charge < -0.3 is 10.1 Å². The number of nitrogens with zero attached hydrogens (tertiary/aromatic N) is 1. The van der Waals surface area contributed by atoms with E-state index in [-0.39, 0.29) is 42.0 Å². The van der Waals surface area contributed by atoms with Gasteiger partial charge in [0.15, 0.2) is 0 Å². The number of allylic oxidation sites excluding steroid dienone is 2. The summed E-state index contributed by atoms with van der Waals surface area (Å²) in [5.74, 6) is -0.742. The van der Waals surface area contributed by atoms with Gasteiger partial charge in [0, 0.05) is 0 Å².